The summed E-state index contributed by atoms with van der Waals surface area (Å²) in [4.78, 5) is 28.6. The number of carbonyl (C=O) groups excluding carboxylic acids is 1. The van der Waals surface area contributed by atoms with Crippen molar-refractivity contribution < 1.29 is 9.53 Å². The van der Waals surface area contributed by atoms with Crippen LogP contribution in [0.25, 0.3) is 0 Å². The second kappa shape index (κ2) is 6.99. The van der Waals surface area contributed by atoms with Gasteiger partial charge in [0.25, 0.3) is 5.56 Å². The third-order valence-electron chi connectivity index (χ3n) is 4.72. The van der Waals surface area contributed by atoms with Crippen molar-refractivity contribution in [3.63, 3.8) is 0 Å². The summed E-state index contributed by atoms with van der Waals surface area (Å²) in [5, 5.41) is 0. The molecule has 0 bridgehead atoms. The Morgan fingerprint density at radius 1 is 1.33 bits per heavy atom. The van der Waals surface area contributed by atoms with Crippen LogP contribution in [0.5, 0.6) is 0 Å². The number of ether oxygens (including phenoxy) is 1. The molecule has 1 aromatic carbocycles. The quantitative estimate of drug-likeness (QED) is 0.792. The van der Waals surface area contributed by atoms with Crippen molar-refractivity contribution in [1.29, 1.82) is 0 Å². The van der Waals surface area contributed by atoms with Crippen LogP contribution in [0.2, 0.25) is 0 Å². The summed E-state index contributed by atoms with van der Waals surface area (Å²) in [5.41, 5.74) is 1.05. The highest BCUT2D eigenvalue weighted by Gasteiger charge is 2.31. The van der Waals surface area contributed by atoms with Crippen molar-refractivity contribution in [1.82, 2.24) is 9.55 Å². The van der Waals surface area contributed by atoms with Gasteiger partial charge in [0.2, 0.25) is 0 Å². The van der Waals surface area contributed by atoms with Crippen molar-refractivity contribution in [2.75, 3.05) is 7.11 Å². The lowest BCUT2D eigenvalue weighted by Gasteiger charge is -2.11. The molecule has 0 N–H and O–H groups in total. The van der Waals surface area contributed by atoms with E-state index < -0.39 is 5.97 Å². The molecule has 2 heterocycles. The first-order chi connectivity index (χ1) is 11.6. The SMILES string of the molecule is COC(=O)c1cnc2n(c1=O)C(C)CC2CCCc1ccccc1. The molecule has 0 radical (unpaired) electrons. The molecule has 0 amide bonds. The van der Waals surface area contributed by atoms with Crippen LogP contribution in [0.15, 0.2) is 41.3 Å². The van der Waals surface area contributed by atoms with E-state index in [0.29, 0.717) is 0 Å². The monoisotopic (exact) mass is 326 g/mol. The van der Waals surface area contributed by atoms with Gasteiger partial charge in [-0.25, -0.2) is 9.78 Å². The number of hydrogen-bond donors (Lipinski definition) is 0. The van der Waals surface area contributed by atoms with Gasteiger partial charge in [-0.05, 0) is 38.2 Å². The van der Waals surface area contributed by atoms with Crippen molar-refractivity contribution in [3.05, 3.63) is 63.8 Å². The molecule has 2 unspecified atom stereocenters. The minimum atomic E-state index is -0.623. The van der Waals surface area contributed by atoms with E-state index in [0.717, 1.165) is 31.5 Å². The lowest BCUT2D eigenvalue weighted by Crippen LogP contribution is -2.29. The molecular weight excluding hydrogens is 304 g/mol. The van der Waals surface area contributed by atoms with E-state index in [1.807, 2.05) is 13.0 Å². The van der Waals surface area contributed by atoms with Crippen molar-refractivity contribution >= 4 is 5.97 Å². The van der Waals surface area contributed by atoms with Crippen LogP contribution in [-0.4, -0.2) is 22.6 Å². The fourth-order valence-electron chi connectivity index (χ4n) is 3.53. The van der Waals surface area contributed by atoms with Crippen LogP contribution >= 0.6 is 0 Å². The third kappa shape index (κ3) is 3.11. The van der Waals surface area contributed by atoms with Crippen molar-refractivity contribution in [2.24, 2.45) is 0 Å². The highest BCUT2D eigenvalue weighted by Crippen LogP contribution is 2.36. The maximum atomic E-state index is 12.5. The molecule has 1 aromatic heterocycles. The zero-order valence-electron chi connectivity index (χ0n) is 14.1. The number of fused-ring (bicyclic) bond motifs is 1. The number of nitrogens with zero attached hydrogens (tertiary/aromatic N) is 2. The number of methoxy groups -OCH3 is 1. The summed E-state index contributed by atoms with van der Waals surface area (Å²) in [7, 11) is 1.27. The molecule has 2 atom stereocenters. The van der Waals surface area contributed by atoms with Gasteiger partial charge in [-0.15, -0.1) is 0 Å². The first kappa shape index (κ1) is 16.4. The van der Waals surface area contributed by atoms with Crippen LogP contribution in [0.1, 0.15) is 59.9 Å². The molecule has 1 aliphatic rings. The molecular formula is C19H22N2O3. The normalized spacial score (nSPS) is 19.1. The lowest BCUT2D eigenvalue weighted by molar-refractivity contribution is 0.0597. The molecule has 5 heteroatoms. The standard InChI is InChI=1S/C19H22N2O3/c1-13-11-15(10-6-9-14-7-4-3-5-8-14)17-20-12-16(19(23)24-2)18(22)21(13)17/h3-5,7-8,12-13,15H,6,9-11H2,1-2H3. The Labute approximate surface area is 141 Å². The largest absolute Gasteiger partial charge is 0.465 e. The average Bonchev–Trinajstić information content (AvgIpc) is 2.92. The highest BCUT2D eigenvalue weighted by molar-refractivity contribution is 5.88. The number of esters is 1. The number of aryl methyl sites for hydroxylation is 1. The Morgan fingerprint density at radius 3 is 2.79 bits per heavy atom. The summed E-state index contributed by atoms with van der Waals surface area (Å²) < 4.78 is 6.33. The molecule has 5 nitrogen and oxygen atoms in total. The minimum Gasteiger partial charge on any atom is -0.465 e. The van der Waals surface area contributed by atoms with Gasteiger partial charge in [0.15, 0.2) is 0 Å². The third-order valence-corrected chi connectivity index (χ3v) is 4.72. The van der Waals surface area contributed by atoms with E-state index in [4.69, 9.17) is 0 Å². The Bertz CT molecular complexity index is 783. The predicted octanol–water partition coefficient (Wildman–Crippen LogP) is 3.10. The van der Waals surface area contributed by atoms with E-state index in [1.54, 1.807) is 4.57 Å². The maximum absolute atomic E-state index is 12.5. The molecule has 0 saturated heterocycles. The van der Waals surface area contributed by atoms with Gasteiger partial charge in [-0.3, -0.25) is 9.36 Å². The van der Waals surface area contributed by atoms with Crippen LogP contribution in [0, 0.1) is 0 Å². The van der Waals surface area contributed by atoms with Gasteiger partial charge in [0, 0.05) is 18.2 Å². The number of carbonyl (C=O) groups is 1. The van der Waals surface area contributed by atoms with E-state index >= 15 is 0 Å². The van der Waals surface area contributed by atoms with E-state index in [1.165, 1.54) is 18.9 Å². The highest BCUT2D eigenvalue weighted by atomic mass is 16.5. The summed E-state index contributed by atoms with van der Waals surface area (Å²) in [6.45, 7) is 2.00. The lowest BCUT2D eigenvalue weighted by atomic mass is 9.96. The van der Waals surface area contributed by atoms with Gasteiger partial charge in [0.05, 0.1) is 7.11 Å². The molecule has 0 spiro atoms. The molecule has 0 saturated carbocycles. The van der Waals surface area contributed by atoms with Gasteiger partial charge >= 0.3 is 5.97 Å². The number of hydrogen-bond acceptors (Lipinski definition) is 4. The summed E-state index contributed by atoms with van der Waals surface area (Å²) >= 11 is 0. The number of aromatic nitrogens is 2. The Morgan fingerprint density at radius 2 is 2.08 bits per heavy atom. The number of benzene rings is 1. The second-order valence-corrected chi connectivity index (χ2v) is 6.36. The molecule has 24 heavy (non-hydrogen) atoms. The van der Waals surface area contributed by atoms with Gasteiger partial charge in [0.1, 0.15) is 11.4 Å². The van der Waals surface area contributed by atoms with E-state index in [9.17, 15) is 9.59 Å². The topological polar surface area (TPSA) is 61.2 Å². The maximum Gasteiger partial charge on any atom is 0.345 e. The predicted molar refractivity (Wildman–Crippen MR) is 91.3 cm³/mol. The number of rotatable bonds is 5. The molecule has 3 rings (SSSR count). The van der Waals surface area contributed by atoms with Crippen molar-refractivity contribution in [2.45, 2.75) is 44.6 Å². The molecule has 0 fully saturated rings. The molecule has 126 valence electrons. The zero-order valence-corrected chi connectivity index (χ0v) is 14.1. The fourth-order valence-corrected chi connectivity index (χ4v) is 3.53. The summed E-state index contributed by atoms with van der Waals surface area (Å²) in [6, 6.07) is 10.5. The fraction of sp³-hybridized carbons (Fsp3) is 0.421. The second-order valence-electron chi connectivity index (χ2n) is 6.36. The Hall–Kier alpha value is -2.43. The van der Waals surface area contributed by atoms with Crippen LogP contribution in [-0.2, 0) is 11.2 Å². The van der Waals surface area contributed by atoms with Crippen molar-refractivity contribution in [3.8, 4) is 0 Å². The van der Waals surface area contributed by atoms with E-state index in [2.05, 4.69) is 34.0 Å². The van der Waals surface area contributed by atoms with Crippen LogP contribution < -0.4 is 5.56 Å². The molecule has 0 aliphatic carbocycles. The first-order valence-corrected chi connectivity index (χ1v) is 8.35. The van der Waals surface area contributed by atoms with E-state index in [-0.39, 0.29) is 23.1 Å². The molecule has 2 aromatic rings. The minimum absolute atomic E-state index is 0.0121. The van der Waals surface area contributed by atoms with Gasteiger partial charge in [-0.2, -0.15) is 0 Å². The average molecular weight is 326 g/mol. The summed E-state index contributed by atoms with van der Waals surface area (Å²) in [6.07, 6.45) is 5.32. The molecule has 1 aliphatic heterocycles. The van der Waals surface area contributed by atoms with Gasteiger partial charge in [-0.1, -0.05) is 30.3 Å². The summed E-state index contributed by atoms with van der Waals surface area (Å²) in [5.74, 6) is 0.443. The first-order valence-electron chi connectivity index (χ1n) is 8.35. The zero-order chi connectivity index (χ0) is 17.1. The smallest absolute Gasteiger partial charge is 0.345 e. The Balaban J connectivity index is 1.75. The van der Waals surface area contributed by atoms with Crippen LogP contribution in [0.4, 0.5) is 0 Å². The Kier molecular flexibility index (Phi) is 4.79. The van der Waals surface area contributed by atoms with Gasteiger partial charge < -0.3 is 4.74 Å². The van der Waals surface area contributed by atoms with Crippen LogP contribution in [0.3, 0.4) is 0 Å².